The summed E-state index contributed by atoms with van der Waals surface area (Å²) in [6.07, 6.45) is -1.17. The standard InChI is InChI=1S/C19H20N2O7/c1-9-13(7-6-8-14(9)21(25)26)18(23)28-12(4)17(22)16-10(2)15(11(3)20-16)19(24)27-5/h6-8,12,20H,1-5H3. The lowest BCUT2D eigenvalue weighted by molar-refractivity contribution is -0.385. The highest BCUT2D eigenvalue weighted by molar-refractivity contribution is 6.04. The summed E-state index contributed by atoms with van der Waals surface area (Å²) in [5.41, 5.74) is 1.17. The first-order chi connectivity index (χ1) is 13.1. The highest BCUT2D eigenvalue weighted by Crippen LogP contribution is 2.24. The maximum atomic E-state index is 12.7. The summed E-state index contributed by atoms with van der Waals surface area (Å²) in [5, 5.41) is 11.0. The van der Waals surface area contributed by atoms with Crippen molar-refractivity contribution in [2.24, 2.45) is 0 Å². The van der Waals surface area contributed by atoms with E-state index in [9.17, 15) is 24.5 Å². The Kier molecular flexibility index (Phi) is 5.97. The summed E-state index contributed by atoms with van der Waals surface area (Å²) < 4.78 is 9.92. The summed E-state index contributed by atoms with van der Waals surface area (Å²) in [4.78, 5) is 50.2. The lowest BCUT2D eigenvalue weighted by Crippen LogP contribution is -2.25. The number of nitro benzene ring substituents is 1. The number of ketones is 1. The number of rotatable bonds is 6. The highest BCUT2D eigenvalue weighted by atomic mass is 16.6. The minimum absolute atomic E-state index is 0.00323. The zero-order valence-corrected chi connectivity index (χ0v) is 16.1. The van der Waals surface area contributed by atoms with E-state index in [1.807, 2.05) is 0 Å². The molecule has 0 amide bonds. The number of methoxy groups -OCH3 is 1. The predicted molar refractivity (Wildman–Crippen MR) is 98.6 cm³/mol. The van der Waals surface area contributed by atoms with Crippen molar-refractivity contribution in [2.45, 2.75) is 33.8 Å². The van der Waals surface area contributed by atoms with E-state index in [0.717, 1.165) is 0 Å². The molecular formula is C19H20N2O7. The summed E-state index contributed by atoms with van der Waals surface area (Å²) in [5.74, 6) is -1.97. The molecule has 0 aliphatic rings. The maximum Gasteiger partial charge on any atom is 0.339 e. The molecule has 1 N–H and O–H groups in total. The molecule has 9 nitrogen and oxygen atoms in total. The second kappa shape index (κ2) is 8.03. The molecule has 0 bridgehead atoms. The molecule has 148 valence electrons. The molecule has 1 heterocycles. The number of carbonyl (C=O) groups excluding carboxylic acids is 3. The van der Waals surface area contributed by atoms with Gasteiger partial charge < -0.3 is 14.5 Å². The van der Waals surface area contributed by atoms with Crippen LogP contribution in [0.5, 0.6) is 0 Å². The van der Waals surface area contributed by atoms with Crippen LogP contribution in [-0.4, -0.2) is 40.8 Å². The summed E-state index contributed by atoms with van der Waals surface area (Å²) in [6, 6.07) is 4.04. The zero-order chi connectivity index (χ0) is 21.2. The van der Waals surface area contributed by atoms with E-state index in [1.165, 1.54) is 39.2 Å². The number of Topliss-reactive ketones (excluding diaryl/α,β-unsaturated/α-hetero) is 1. The van der Waals surface area contributed by atoms with E-state index in [0.29, 0.717) is 11.3 Å². The number of nitro groups is 1. The van der Waals surface area contributed by atoms with E-state index in [2.05, 4.69) is 4.98 Å². The van der Waals surface area contributed by atoms with Crippen molar-refractivity contribution in [3.63, 3.8) is 0 Å². The second-order valence-corrected chi connectivity index (χ2v) is 6.24. The van der Waals surface area contributed by atoms with Crippen molar-refractivity contribution in [3.8, 4) is 0 Å². The van der Waals surface area contributed by atoms with Crippen molar-refractivity contribution in [2.75, 3.05) is 7.11 Å². The van der Waals surface area contributed by atoms with E-state index in [4.69, 9.17) is 9.47 Å². The first-order valence-corrected chi connectivity index (χ1v) is 8.36. The van der Waals surface area contributed by atoms with Gasteiger partial charge in [0.1, 0.15) is 0 Å². The molecule has 0 saturated carbocycles. The number of hydrogen-bond acceptors (Lipinski definition) is 7. The first-order valence-electron chi connectivity index (χ1n) is 8.36. The number of H-pyrrole nitrogens is 1. The molecule has 0 spiro atoms. The van der Waals surface area contributed by atoms with Crippen LogP contribution in [0, 0.1) is 30.9 Å². The van der Waals surface area contributed by atoms with Crippen LogP contribution in [0.15, 0.2) is 18.2 Å². The Hall–Kier alpha value is -3.49. The van der Waals surface area contributed by atoms with Gasteiger partial charge in [-0.25, -0.2) is 9.59 Å². The largest absolute Gasteiger partial charge is 0.465 e. The van der Waals surface area contributed by atoms with Crippen molar-refractivity contribution < 1.29 is 28.8 Å². The van der Waals surface area contributed by atoms with Crippen LogP contribution in [-0.2, 0) is 9.47 Å². The van der Waals surface area contributed by atoms with Gasteiger partial charge in [-0.05, 0) is 39.3 Å². The van der Waals surface area contributed by atoms with Crippen molar-refractivity contribution in [1.82, 2.24) is 4.98 Å². The lowest BCUT2D eigenvalue weighted by atomic mass is 10.1. The van der Waals surface area contributed by atoms with Gasteiger partial charge in [0.15, 0.2) is 6.10 Å². The van der Waals surface area contributed by atoms with Crippen LogP contribution in [0.3, 0.4) is 0 Å². The Morgan fingerprint density at radius 3 is 2.32 bits per heavy atom. The molecule has 0 radical (unpaired) electrons. The van der Waals surface area contributed by atoms with E-state index in [-0.39, 0.29) is 28.1 Å². The van der Waals surface area contributed by atoms with E-state index in [1.54, 1.807) is 13.8 Å². The molecule has 0 saturated heterocycles. The van der Waals surface area contributed by atoms with Crippen LogP contribution in [0.25, 0.3) is 0 Å². The van der Waals surface area contributed by atoms with Crippen LogP contribution < -0.4 is 0 Å². The minimum atomic E-state index is -1.17. The van der Waals surface area contributed by atoms with E-state index >= 15 is 0 Å². The SMILES string of the molecule is COC(=O)c1c(C)[nH]c(C(=O)C(C)OC(=O)c2cccc([N+](=O)[O-])c2C)c1C. The average molecular weight is 388 g/mol. The molecule has 1 aromatic carbocycles. The fourth-order valence-corrected chi connectivity index (χ4v) is 2.93. The second-order valence-electron chi connectivity index (χ2n) is 6.24. The van der Waals surface area contributed by atoms with Gasteiger partial charge in [0.25, 0.3) is 5.69 Å². The van der Waals surface area contributed by atoms with Crippen molar-refractivity contribution >= 4 is 23.4 Å². The number of nitrogens with zero attached hydrogens (tertiary/aromatic N) is 1. The third-order valence-corrected chi connectivity index (χ3v) is 4.45. The van der Waals surface area contributed by atoms with E-state index < -0.39 is 28.7 Å². The topological polar surface area (TPSA) is 129 Å². The Balaban J connectivity index is 2.26. The quantitative estimate of drug-likeness (QED) is 0.348. The molecule has 0 fully saturated rings. The molecule has 1 unspecified atom stereocenters. The molecule has 1 atom stereocenters. The maximum absolute atomic E-state index is 12.7. The zero-order valence-electron chi connectivity index (χ0n) is 16.1. The summed E-state index contributed by atoms with van der Waals surface area (Å²) in [7, 11) is 1.24. The number of benzene rings is 1. The number of aryl methyl sites for hydroxylation is 1. The normalized spacial score (nSPS) is 11.6. The molecular weight excluding hydrogens is 368 g/mol. The fourth-order valence-electron chi connectivity index (χ4n) is 2.93. The van der Waals surface area contributed by atoms with Gasteiger partial charge in [0.05, 0.1) is 28.9 Å². The third kappa shape index (κ3) is 3.78. The Morgan fingerprint density at radius 1 is 1.11 bits per heavy atom. The highest BCUT2D eigenvalue weighted by Gasteiger charge is 2.28. The molecule has 1 aromatic heterocycles. The predicted octanol–water partition coefficient (Wildman–Crippen LogP) is 3.06. The molecule has 2 aromatic rings. The third-order valence-electron chi connectivity index (χ3n) is 4.45. The van der Waals surface area contributed by atoms with Crippen LogP contribution in [0.1, 0.15) is 54.9 Å². The van der Waals surface area contributed by atoms with Gasteiger partial charge in [-0.2, -0.15) is 0 Å². The first kappa shape index (κ1) is 20.8. The molecule has 2 rings (SSSR count). The summed E-state index contributed by atoms with van der Waals surface area (Å²) >= 11 is 0. The average Bonchev–Trinajstić information content (AvgIpc) is 2.94. The number of nitrogens with one attached hydrogen (secondary N) is 1. The van der Waals surface area contributed by atoms with Crippen LogP contribution in [0.2, 0.25) is 0 Å². The Labute approximate surface area is 160 Å². The number of aromatic amines is 1. The van der Waals surface area contributed by atoms with Crippen LogP contribution in [0.4, 0.5) is 5.69 Å². The summed E-state index contributed by atoms with van der Waals surface area (Å²) in [6.45, 7) is 6.03. The molecule has 0 aliphatic carbocycles. The minimum Gasteiger partial charge on any atom is -0.465 e. The molecule has 28 heavy (non-hydrogen) atoms. The molecule has 0 aliphatic heterocycles. The smallest absolute Gasteiger partial charge is 0.339 e. The van der Waals surface area contributed by atoms with Gasteiger partial charge in [0, 0.05) is 17.3 Å². The van der Waals surface area contributed by atoms with Gasteiger partial charge in [0.2, 0.25) is 5.78 Å². The van der Waals surface area contributed by atoms with Crippen molar-refractivity contribution in [3.05, 3.63) is 62.0 Å². The number of carbonyl (C=O) groups is 3. The Morgan fingerprint density at radius 2 is 1.75 bits per heavy atom. The van der Waals surface area contributed by atoms with Gasteiger partial charge in [-0.3, -0.25) is 14.9 Å². The Bertz CT molecular complexity index is 975. The number of esters is 2. The fraction of sp³-hybridized carbons (Fsp3) is 0.316. The lowest BCUT2D eigenvalue weighted by Gasteiger charge is -2.13. The van der Waals surface area contributed by atoms with Gasteiger partial charge in [-0.1, -0.05) is 6.07 Å². The molecule has 9 heteroatoms. The number of aromatic nitrogens is 1. The van der Waals surface area contributed by atoms with Gasteiger partial charge >= 0.3 is 11.9 Å². The monoisotopic (exact) mass is 388 g/mol. The van der Waals surface area contributed by atoms with Gasteiger partial charge in [-0.15, -0.1) is 0 Å². The van der Waals surface area contributed by atoms with Crippen LogP contribution >= 0.6 is 0 Å². The number of hydrogen-bond donors (Lipinski definition) is 1. The van der Waals surface area contributed by atoms with Crippen molar-refractivity contribution in [1.29, 1.82) is 0 Å². The number of ether oxygens (including phenoxy) is 2.